The lowest BCUT2D eigenvalue weighted by molar-refractivity contribution is 0.307. The van der Waals surface area contributed by atoms with E-state index in [2.05, 4.69) is 6.92 Å². The number of hydrogen-bond donors (Lipinski definition) is 0. The van der Waals surface area contributed by atoms with E-state index in [1.54, 1.807) is 12.1 Å². The van der Waals surface area contributed by atoms with Crippen LogP contribution >= 0.6 is 22.6 Å². The summed E-state index contributed by atoms with van der Waals surface area (Å²) in [5.41, 5.74) is 0. The van der Waals surface area contributed by atoms with Crippen molar-refractivity contribution in [3.05, 3.63) is 27.6 Å². The minimum Gasteiger partial charge on any atom is -0.493 e. The van der Waals surface area contributed by atoms with Crippen LogP contribution in [-0.4, -0.2) is 6.61 Å². The number of hydrogen-bond acceptors (Lipinski definition) is 1. The number of ether oxygens (including phenoxy) is 1. The standard InChI is InChI=1S/C10H12FIO/c1-2-3-6-13-8-4-5-10(12)9(11)7-8/h4-5,7H,2-3,6H2,1H3. The van der Waals surface area contributed by atoms with Gasteiger partial charge in [-0.1, -0.05) is 13.3 Å². The van der Waals surface area contributed by atoms with Crippen molar-refractivity contribution in [1.29, 1.82) is 0 Å². The third-order valence-corrected chi connectivity index (χ3v) is 2.53. The first kappa shape index (κ1) is 10.8. The molecule has 0 radical (unpaired) electrons. The van der Waals surface area contributed by atoms with Crippen molar-refractivity contribution in [3.63, 3.8) is 0 Å². The van der Waals surface area contributed by atoms with Crippen molar-refractivity contribution in [2.24, 2.45) is 0 Å². The molecule has 0 spiro atoms. The molecule has 0 saturated heterocycles. The average Bonchev–Trinajstić information content (AvgIpc) is 2.12. The summed E-state index contributed by atoms with van der Waals surface area (Å²) in [7, 11) is 0. The van der Waals surface area contributed by atoms with E-state index in [0.717, 1.165) is 12.8 Å². The van der Waals surface area contributed by atoms with E-state index >= 15 is 0 Å². The quantitative estimate of drug-likeness (QED) is 0.609. The SMILES string of the molecule is CCCCOc1ccc(I)c(F)c1. The Morgan fingerprint density at radius 2 is 2.23 bits per heavy atom. The Morgan fingerprint density at radius 3 is 2.85 bits per heavy atom. The molecule has 0 N–H and O–H groups in total. The minimum absolute atomic E-state index is 0.213. The number of rotatable bonds is 4. The summed E-state index contributed by atoms with van der Waals surface area (Å²) in [6, 6.07) is 4.94. The molecule has 72 valence electrons. The zero-order valence-electron chi connectivity index (χ0n) is 7.52. The molecule has 0 unspecified atom stereocenters. The van der Waals surface area contributed by atoms with Crippen LogP contribution in [-0.2, 0) is 0 Å². The Labute approximate surface area is 91.4 Å². The Hall–Kier alpha value is -0.320. The molecule has 0 bridgehead atoms. The molecule has 0 aromatic heterocycles. The van der Waals surface area contributed by atoms with Crippen LogP contribution in [0.2, 0.25) is 0 Å². The van der Waals surface area contributed by atoms with Gasteiger partial charge < -0.3 is 4.74 Å². The van der Waals surface area contributed by atoms with Crippen molar-refractivity contribution < 1.29 is 9.13 Å². The normalized spacial score (nSPS) is 10.1. The van der Waals surface area contributed by atoms with Crippen LogP contribution in [0.1, 0.15) is 19.8 Å². The van der Waals surface area contributed by atoms with Gasteiger partial charge in [0.25, 0.3) is 0 Å². The van der Waals surface area contributed by atoms with E-state index in [0.29, 0.717) is 15.9 Å². The smallest absolute Gasteiger partial charge is 0.140 e. The second kappa shape index (κ2) is 5.42. The zero-order valence-corrected chi connectivity index (χ0v) is 9.68. The first-order valence-electron chi connectivity index (χ1n) is 4.32. The van der Waals surface area contributed by atoms with Crippen molar-refractivity contribution in [2.75, 3.05) is 6.61 Å². The highest BCUT2D eigenvalue weighted by molar-refractivity contribution is 14.1. The van der Waals surface area contributed by atoms with Gasteiger partial charge in [-0.2, -0.15) is 0 Å². The second-order valence-corrected chi connectivity index (χ2v) is 3.94. The van der Waals surface area contributed by atoms with E-state index in [-0.39, 0.29) is 5.82 Å². The Morgan fingerprint density at radius 1 is 1.46 bits per heavy atom. The van der Waals surface area contributed by atoms with Gasteiger partial charge in [0.05, 0.1) is 6.61 Å². The van der Waals surface area contributed by atoms with Gasteiger partial charge in [-0.05, 0) is 41.1 Å². The maximum Gasteiger partial charge on any atom is 0.140 e. The molecule has 3 heteroatoms. The van der Waals surface area contributed by atoms with E-state index in [1.807, 2.05) is 22.6 Å². The molecule has 0 aliphatic carbocycles. The van der Waals surface area contributed by atoms with Gasteiger partial charge in [0.2, 0.25) is 0 Å². The van der Waals surface area contributed by atoms with Gasteiger partial charge in [0, 0.05) is 9.64 Å². The monoisotopic (exact) mass is 294 g/mol. The first-order chi connectivity index (χ1) is 6.24. The topological polar surface area (TPSA) is 9.23 Å². The molecule has 13 heavy (non-hydrogen) atoms. The third kappa shape index (κ3) is 3.50. The molecule has 0 heterocycles. The predicted octanol–water partition coefficient (Wildman–Crippen LogP) is 3.61. The van der Waals surface area contributed by atoms with Crippen LogP contribution in [0.4, 0.5) is 4.39 Å². The maximum atomic E-state index is 13.0. The van der Waals surface area contributed by atoms with Gasteiger partial charge in [-0.15, -0.1) is 0 Å². The number of benzene rings is 1. The molecule has 0 fully saturated rings. The Balaban J connectivity index is 2.53. The lowest BCUT2D eigenvalue weighted by atomic mass is 10.3. The molecule has 1 nitrogen and oxygen atoms in total. The highest BCUT2D eigenvalue weighted by Crippen LogP contribution is 2.18. The largest absolute Gasteiger partial charge is 0.493 e. The van der Waals surface area contributed by atoms with E-state index in [9.17, 15) is 4.39 Å². The third-order valence-electron chi connectivity index (χ3n) is 1.66. The molecule has 0 aliphatic heterocycles. The van der Waals surface area contributed by atoms with Gasteiger partial charge >= 0.3 is 0 Å². The van der Waals surface area contributed by atoms with E-state index < -0.39 is 0 Å². The molecule has 0 aliphatic rings. The maximum absolute atomic E-state index is 13.0. The van der Waals surface area contributed by atoms with Gasteiger partial charge in [-0.25, -0.2) is 4.39 Å². The van der Waals surface area contributed by atoms with Crippen LogP contribution in [0.25, 0.3) is 0 Å². The fourth-order valence-corrected chi connectivity index (χ4v) is 1.24. The predicted molar refractivity (Wildman–Crippen MR) is 59.5 cm³/mol. The summed E-state index contributed by atoms with van der Waals surface area (Å²) in [5, 5.41) is 0. The van der Waals surface area contributed by atoms with Crippen molar-refractivity contribution in [3.8, 4) is 5.75 Å². The molecule has 0 amide bonds. The average molecular weight is 294 g/mol. The van der Waals surface area contributed by atoms with E-state index in [1.165, 1.54) is 6.07 Å². The van der Waals surface area contributed by atoms with Crippen LogP contribution in [0.5, 0.6) is 5.75 Å². The second-order valence-electron chi connectivity index (χ2n) is 2.78. The number of unbranched alkanes of at least 4 members (excludes halogenated alkanes) is 1. The van der Waals surface area contributed by atoms with Gasteiger partial charge in [0.1, 0.15) is 11.6 Å². The summed E-state index contributed by atoms with van der Waals surface area (Å²) in [4.78, 5) is 0. The fraction of sp³-hybridized carbons (Fsp3) is 0.400. The highest BCUT2D eigenvalue weighted by Gasteiger charge is 2.00. The Kier molecular flexibility index (Phi) is 4.48. The van der Waals surface area contributed by atoms with Crippen molar-refractivity contribution in [2.45, 2.75) is 19.8 Å². The van der Waals surface area contributed by atoms with Gasteiger partial charge in [0.15, 0.2) is 0 Å². The van der Waals surface area contributed by atoms with Crippen LogP contribution in [0.3, 0.4) is 0 Å². The molecular weight excluding hydrogens is 282 g/mol. The summed E-state index contributed by atoms with van der Waals surface area (Å²) in [6.07, 6.45) is 2.10. The Bertz CT molecular complexity index is 276. The van der Waals surface area contributed by atoms with Crippen LogP contribution in [0.15, 0.2) is 18.2 Å². The molecule has 1 aromatic carbocycles. The lowest BCUT2D eigenvalue weighted by Crippen LogP contribution is -1.97. The molecular formula is C10H12FIO. The summed E-state index contributed by atoms with van der Waals surface area (Å²) in [6.45, 7) is 2.76. The lowest BCUT2D eigenvalue weighted by Gasteiger charge is -2.05. The first-order valence-corrected chi connectivity index (χ1v) is 5.39. The summed E-state index contributed by atoms with van der Waals surface area (Å²) >= 11 is 1.96. The zero-order chi connectivity index (χ0) is 9.68. The molecule has 1 aromatic rings. The van der Waals surface area contributed by atoms with Gasteiger partial charge in [-0.3, -0.25) is 0 Å². The van der Waals surface area contributed by atoms with Crippen molar-refractivity contribution >= 4 is 22.6 Å². The van der Waals surface area contributed by atoms with E-state index in [4.69, 9.17) is 4.74 Å². The summed E-state index contributed by atoms with van der Waals surface area (Å²) in [5.74, 6) is 0.404. The van der Waals surface area contributed by atoms with Crippen molar-refractivity contribution in [1.82, 2.24) is 0 Å². The van der Waals surface area contributed by atoms with Crippen LogP contribution in [0, 0.1) is 9.39 Å². The molecule has 0 atom stereocenters. The fourth-order valence-electron chi connectivity index (χ4n) is 0.901. The van der Waals surface area contributed by atoms with Crippen LogP contribution < -0.4 is 4.74 Å². The molecule has 0 saturated carbocycles. The molecule has 1 rings (SSSR count). The highest BCUT2D eigenvalue weighted by atomic mass is 127. The minimum atomic E-state index is -0.213. The summed E-state index contributed by atoms with van der Waals surface area (Å²) < 4.78 is 19.0. The number of halogens is 2.